The van der Waals surface area contributed by atoms with Crippen LogP contribution < -0.4 is 0 Å². The van der Waals surface area contributed by atoms with Crippen LogP contribution in [0.1, 0.15) is 27.7 Å². The van der Waals surface area contributed by atoms with Crippen LogP contribution in [-0.2, 0) is 0 Å². The van der Waals surface area contributed by atoms with Crippen molar-refractivity contribution in [2.75, 3.05) is 19.8 Å². The van der Waals surface area contributed by atoms with Crippen molar-refractivity contribution < 1.29 is 0 Å². The Bertz CT molecular complexity index is 161. The third kappa shape index (κ3) is 2.15. The molecule has 0 spiro atoms. The van der Waals surface area contributed by atoms with Crippen molar-refractivity contribution in [2.24, 2.45) is 0 Å². The molecule has 0 aromatic heterocycles. The van der Waals surface area contributed by atoms with Gasteiger partial charge in [0.15, 0.2) is 5.62 Å². The minimum absolute atomic E-state index is 0.0324. The molecular weight excluding hydrogens is 186 g/mol. The van der Waals surface area contributed by atoms with Crippen LogP contribution in [0, 0.1) is 0 Å². The van der Waals surface area contributed by atoms with Crippen LogP contribution in [0.15, 0.2) is 0 Å². The summed E-state index contributed by atoms with van der Waals surface area (Å²) in [7, 11) is 0. The summed E-state index contributed by atoms with van der Waals surface area (Å²) >= 11 is 6.32. The van der Waals surface area contributed by atoms with Gasteiger partial charge in [0.2, 0.25) is 0 Å². The van der Waals surface area contributed by atoms with E-state index >= 15 is 0 Å². The van der Waals surface area contributed by atoms with Crippen molar-refractivity contribution in [3.05, 3.63) is 0 Å². The van der Waals surface area contributed by atoms with E-state index < -0.39 is 0 Å². The number of hydrogen-bond acceptors (Lipinski definition) is 3. The topological polar surface area (TPSA) is 9.72 Å². The highest BCUT2D eigenvalue weighted by Crippen LogP contribution is 2.24. The third-order valence-electron chi connectivity index (χ3n) is 2.49. The first-order chi connectivity index (χ1) is 6.11. The highest BCUT2D eigenvalue weighted by molar-refractivity contribution is 6.20. The molecule has 1 unspecified atom stereocenters. The minimum Gasteiger partial charge on any atom is -0.260 e. The van der Waals surface area contributed by atoms with Gasteiger partial charge in [0.05, 0.1) is 6.67 Å². The highest BCUT2D eigenvalue weighted by atomic mass is 35.5. The molecule has 1 atom stereocenters. The van der Waals surface area contributed by atoms with Gasteiger partial charge in [-0.2, -0.15) is 0 Å². The van der Waals surface area contributed by atoms with E-state index in [-0.39, 0.29) is 5.62 Å². The zero-order valence-corrected chi connectivity index (χ0v) is 9.75. The molecule has 78 valence electrons. The van der Waals surface area contributed by atoms with Crippen LogP contribution in [0.2, 0.25) is 0 Å². The molecule has 0 radical (unpaired) electrons. The predicted octanol–water partition coefficient (Wildman–Crippen LogP) is 1.75. The standard InChI is InChI=1S/C9H20ClN3/c1-5-11-7-12(6-2)13(8(3)4)9(11)10/h8-9H,5-7H2,1-4H3. The summed E-state index contributed by atoms with van der Waals surface area (Å²) in [5.41, 5.74) is 0.0324. The molecule has 1 saturated heterocycles. The van der Waals surface area contributed by atoms with E-state index in [1.165, 1.54) is 0 Å². The zero-order chi connectivity index (χ0) is 10.0. The summed E-state index contributed by atoms with van der Waals surface area (Å²) < 4.78 is 0. The maximum atomic E-state index is 6.32. The Morgan fingerprint density at radius 1 is 1.31 bits per heavy atom. The fourth-order valence-electron chi connectivity index (χ4n) is 1.74. The van der Waals surface area contributed by atoms with Gasteiger partial charge in [-0.1, -0.05) is 25.4 Å². The number of rotatable bonds is 3. The van der Waals surface area contributed by atoms with Gasteiger partial charge in [-0.3, -0.25) is 4.90 Å². The molecule has 0 amide bonds. The van der Waals surface area contributed by atoms with Crippen LogP contribution in [0.3, 0.4) is 0 Å². The fraction of sp³-hybridized carbons (Fsp3) is 1.00. The van der Waals surface area contributed by atoms with E-state index in [1.54, 1.807) is 0 Å². The zero-order valence-electron chi connectivity index (χ0n) is 9.00. The van der Waals surface area contributed by atoms with Crippen molar-refractivity contribution in [3.63, 3.8) is 0 Å². The molecule has 13 heavy (non-hydrogen) atoms. The fourth-order valence-corrected chi connectivity index (χ4v) is 2.29. The van der Waals surface area contributed by atoms with Gasteiger partial charge < -0.3 is 0 Å². The molecule has 3 nitrogen and oxygen atoms in total. The SMILES string of the molecule is CCN1CN(CC)N(C(C)C)C1Cl. The molecule has 4 heteroatoms. The van der Waals surface area contributed by atoms with Crippen LogP contribution in [0.5, 0.6) is 0 Å². The van der Waals surface area contributed by atoms with Crippen LogP contribution in [0.25, 0.3) is 0 Å². The van der Waals surface area contributed by atoms with Gasteiger partial charge >= 0.3 is 0 Å². The summed E-state index contributed by atoms with van der Waals surface area (Å²) in [5, 5.41) is 4.54. The van der Waals surface area contributed by atoms with Crippen molar-refractivity contribution in [2.45, 2.75) is 39.4 Å². The van der Waals surface area contributed by atoms with E-state index in [0.29, 0.717) is 6.04 Å². The molecule has 0 aromatic carbocycles. The molecule has 1 heterocycles. The van der Waals surface area contributed by atoms with Gasteiger partial charge in [-0.05, 0) is 20.4 Å². The third-order valence-corrected chi connectivity index (χ3v) is 2.97. The molecule has 1 fully saturated rings. The Labute approximate surface area is 86.2 Å². The first kappa shape index (κ1) is 11.2. The van der Waals surface area contributed by atoms with Crippen molar-refractivity contribution in [1.82, 2.24) is 14.9 Å². The van der Waals surface area contributed by atoms with Gasteiger partial charge in [-0.15, -0.1) is 0 Å². The summed E-state index contributed by atoms with van der Waals surface area (Å²) in [4.78, 5) is 2.26. The maximum Gasteiger partial charge on any atom is 0.154 e. The summed E-state index contributed by atoms with van der Waals surface area (Å²) in [6.45, 7) is 11.7. The van der Waals surface area contributed by atoms with Crippen LogP contribution in [-0.4, -0.2) is 46.3 Å². The van der Waals surface area contributed by atoms with Crippen LogP contribution >= 0.6 is 11.6 Å². The Hall–Kier alpha value is 0.170. The number of alkyl halides is 1. The number of hydrazine groups is 1. The molecule has 0 N–H and O–H groups in total. The smallest absolute Gasteiger partial charge is 0.154 e. The molecule has 0 bridgehead atoms. The number of halogens is 1. The summed E-state index contributed by atoms with van der Waals surface area (Å²) in [5.74, 6) is 0. The van der Waals surface area contributed by atoms with E-state index in [9.17, 15) is 0 Å². The Morgan fingerprint density at radius 3 is 2.23 bits per heavy atom. The molecule has 1 aliphatic heterocycles. The predicted molar refractivity (Wildman–Crippen MR) is 56.2 cm³/mol. The molecule has 0 aromatic rings. The molecule has 1 aliphatic rings. The Kier molecular flexibility index (Phi) is 3.98. The first-order valence-corrected chi connectivity index (χ1v) is 5.46. The first-order valence-electron chi connectivity index (χ1n) is 5.03. The normalized spacial score (nSPS) is 27.7. The minimum atomic E-state index is 0.0324. The summed E-state index contributed by atoms with van der Waals surface area (Å²) in [6.07, 6.45) is 0. The average Bonchev–Trinajstić information content (AvgIpc) is 2.41. The van der Waals surface area contributed by atoms with E-state index in [1.807, 2.05) is 0 Å². The lowest BCUT2D eigenvalue weighted by Gasteiger charge is -2.31. The highest BCUT2D eigenvalue weighted by Gasteiger charge is 2.36. The van der Waals surface area contributed by atoms with Crippen LogP contribution in [0.4, 0.5) is 0 Å². The maximum absolute atomic E-state index is 6.32. The van der Waals surface area contributed by atoms with Gasteiger partial charge in [0, 0.05) is 12.6 Å². The molecule has 0 aliphatic carbocycles. The molecular formula is C9H20ClN3. The van der Waals surface area contributed by atoms with Crippen molar-refractivity contribution in [1.29, 1.82) is 0 Å². The van der Waals surface area contributed by atoms with E-state index in [4.69, 9.17) is 11.6 Å². The number of hydrogen-bond donors (Lipinski definition) is 0. The van der Waals surface area contributed by atoms with Gasteiger partial charge in [0.25, 0.3) is 0 Å². The quantitative estimate of drug-likeness (QED) is 0.514. The number of nitrogens with zero attached hydrogens (tertiary/aromatic N) is 3. The van der Waals surface area contributed by atoms with E-state index in [2.05, 4.69) is 42.6 Å². The second kappa shape index (κ2) is 4.60. The molecule has 1 rings (SSSR count). The van der Waals surface area contributed by atoms with Crippen molar-refractivity contribution in [3.8, 4) is 0 Å². The van der Waals surface area contributed by atoms with Gasteiger partial charge in [0.1, 0.15) is 0 Å². The largest absolute Gasteiger partial charge is 0.260 e. The second-order valence-corrected chi connectivity index (χ2v) is 4.04. The average molecular weight is 206 g/mol. The Morgan fingerprint density at radius 2 is 1.92 bits per heavy atom. The summed E-state index contributed by atoms with van der Waals surface area (Å²) in [6, 6.07) is 0.471. The Balaban J connectivity index is 2.68. The lowest BCUT2D eigenvalue weighted by atomic mass is 10.4. The molecule has 0 saturated carbocycles. The van der Waals surface area contributed by atoms with E-state index in [0.717, 1.165) is 19.8 Å². The van der Waals surface area contributed by atoms with Crippen molar-refractivity contribution >= 4 is 11.6 Å². The lowest BCUT2D eigenvalue weighted by molar-refractivity contribution is -0.00814. The lowest BCUT2D eigenvalue weighted by Crippen LogP contribution is -2.44. The monoisotopic (exact) mass is 205 g/mol. The second-order valence-electron chi connectivity index (χ2n) is 3.65. The van der Waals surface area contributed by atoms with Gasteiger partial charge in [-0.25, -0.2) is 10.0 Å².